The Labute approximate surface area is 143 Å². The van der Waals surface area contributed by atoms with E-state index in [4.69, 9.17) is 9.15 Å². The van der Waals surface area contributed by atoms with Gasteiger partial charge in [-0.2, -0.15) is 12.8 Å². The second-order valence-electron chi connectivity index (χ2n) is 4.88. The van der Waals surface area contributed by atoms with Crippen LogP contribution < -0.4 is 10.1 Å². The van der Waals surface area contributed by atoms with Gasteiger partial charge in [-0.15, -0.1) is 0 Å². The largest absolute Gasteiger partial charge is 0.516 e. The smallest absolute Gasteiger partial charge is 0.437 e. The van der Waals surface area contributed by atoms with Crippen LogP contribution in [-0.2, 0) is 14.8 Å². The van der Waals surface area contributed by atoms with Gasteiger partial charge in [-0.25, -0.2) is 4.79 Å². The van der Waals surface area contributed by atoms with Crippen molar-refractivity contribution < 1.29 is 27.1 Å². The first-order chi connectivity index (χ1) is 12.0. The van der Waals surface area contributed by atoms with E-state index in [0.29, 0.717) is 11.0 Å². The van der Waals surface area contributed by atoms with Crippen LogP contribution >= 0.6 is 0 Å². The first kappa shape index (κ1) is 16.7. The normalized spacial score (nSPS) is 12.1. The minimum absolute atomic E-state index is 0.0512. The van der Waals surface area contributed by atoms with Crippen LogP contribution in [0.1, 0.15) is 0 Å². The number of nitrogens with zero attached hydrogens (tertiary/aromatic N) is 1. The Bertz CT molecular complexity index is 1090. The van der Waals surface area contributed by atoms with E-state index in [0.717, 1.165) is 7.11 Å². The van der Waals surface area contributed by atoms with E-state index in [9.17, 15) is 13.2 Å². The predicted molar refractivity (Wildman–Crippen MR) is 88.4 cm³/mol. The topological polar surface area (TPSA) is 95.2 Å². The molecule has 0 radical (unpaired) electrons. The molecule has 0 N–H and O–H groups in total. The molecule has 128 valence electrons. The Morgan fingerprint density at radius 3 is 2.44 bits per heavy atom. The van der Waals surface area contributed by atoms with E-state index >= 15 is 0 Å². The molecule has 0 saturated heterocycles. The highest BCUT2D eigenvalue weighted by Crippen LogP contribution is 2.18. The summed E-state index contributed by atoms with van der Waals surface area (Å²) in [7, 11) is -2.80. The molecule has 0 saturated carbocycles. The maximum atomic E-state index is 12.5. The Kier molecular flexibility index (Phi) is 4.53. The molecule has 3 aromatic rings. The maximum Gasteiger partial charge on any atom is 0.516 e. The Balaban J connectivity index is 2.22. The summed E-state index contributed by atoms with van der Waals surface area (Å²) in [5.74, 6) is -0.229. The zero-order valence-corrected chi connectivity index (χ0v) is 13.9. The molecule has 0 spiro atoms. The van der Waals surface area contributed by atoms with Gasteiger partial charge in [0.25, 0.3) is 16.0 Å². The number of fused-ring (bicyclic) bond motifs is 1. The van der Waals surface area contributed by atoms with Crippen molar-refractivity contribution in [3.05, 3.63) is 66.0 Å². The van der Waals surface area contributed by atoms with Crippen molar-refractivity contribution >= 4 is 27.1 Å². The number of hydrogen-bond donors (Lipinski definition) is 0. The number of benzene rings is 2. The van der Waals surface area contributed by atoms with Crippen LogP contribution in [0.25, 0.3) is 11.0 Å². The van der Waals surface area contributed by atoms with Gasteiger partial charge in [0, 0.05) is 11.5 Å². The minimum Gasteiger partial charge on any atom is -0.437 e. The highest BCUT2D eigenvalue weighted by atomic mass is 32.2. The molecule has 0 aliphatic carbocycles. The predicted octanol–water partition coefficient (Wildman–Crippen LogP) is 2.87. The van der Waals surface area contributed by atoms with Crippen molar-refractivity contribution in [2.75, 3.05) is 7.11 Å². The van der Waals surface area contributed by atoms with E-state index in [-0.39, 0.29) is 16.2 Å². The van der Waals surface area contributed by atoms with Crippen molar-refractivity contribution in [1.29, 1.82) is 0 Å². The number of carbonyl (C=O) groups excluding carboxylic acids is 1. The summed E-state index contributed by atoms with van der Waals surface area (Å²) in [5, 5.41) is 0.545. The van der Waals surface area contributed by atoms with Crippen LogP contribution in [0.3, 0.4) is 0 Å². The lowest BCUT2D eigenvalue weighted by molar-refractivity contribution is 0.111. The second kappa shape index (κ2) is 6.78. The summed E-state index contributed by atoms with van der Waals surface area (Å²) in [6.07, 6.45) is -0.990. The summed E-state index contributed by atoms with van der Waals surface area (Å²) in [5.41, 5.74) is 0.311. The Morgan fingerprint density at radius 2 is 1.72 bits per heavy atom. The van der Waals surface area contributed by atoms with Crippen molar-refractivity contribution in [3.8, 4) is 5.95 Å². The molecule has 0 amide bonds. The third-order valence-electron chi connectivity index (χ3n) is 3.24. The summed E-state index contributed by atoms with van der Waals surface area (Å²) in [4.78, 5) is 11.3. The Hall–Kier alpha value is -3.13. The zero-order valence-electron chi connectivity index (χ0n) is 13.1. The molecule has 0 atom stereocenters. The second-order valence-corrected chi connectivity index (χ2v) is 6.49. The van der Waals surface area contributed by atoms with Gasteiger partial charge in [0.15, 0.2) is 0 Å². The average molecular weight is 359 g/mol. The first-order valence-electron chi connectivity index (χ1n) is 7.14. The fourth-order valence-corrected chi connectivity index (χ4v) is 3.14. The number of para-hydroxylation sites is 1. The number of sulfonamides is 1. The van der Waals surface area contributed by atoms with Gasteiger partial charge in [0.05, 0.1) is 17.4 Å². The fraction of sp³-hybridized carbons (Fsp3) is 0.0588. The number of carbonyl (C=O) groups is 1. The van der Waals surface area contributed by atoms with E-state index in [1.807, 2.05) is 0 Å². The standard InChI is InChI=1S/C17H13NO6S/c1-22-17(19)24-16-11-14(13-9-5-6-10-15(13)23-16)18-25(20,21)12-7-3-2-4-8-12/h2-11H,1H3. The van der Waals surface area contributed by atoms with Gasteiger partial charge in [0.1, 0.15) is 5.58 Å². The van der Waals surface area contributed by atoms with Crippen LogP contribution in [0.5, 0.6) is 5.95 Å². The van der Waals surface area contributed by atoms with E-state index in [2.05, 4.69) is 9.13 Å². The molecule has 7 nitrogen and oxygen atoms in total. The highest BCUT2D eigenvalue weighted by molar-refractivity contribution is 7.90. The van der Waals surface area contributed by atoms with Crippen LogP contribution in [-0.4, -0.2) is 21.7 Å². The molecule has 3 rings (SSSR count). The molecule has 0 aliphatic heterocycles. The van der Waals surface area contributed by atoms with Crippen molar-refractivity contribution in [2.45, 2.75) is 4.90 Å². The lowest BCUT2D eigenvalue weighted by atomic mass is 10.2. The van der Waals surface area contributed by atoms with Gasteiger partial charge in [-0.3, -0.25) is 0 Å². The molecule has 0 bridgehead atoms. The van der Waals surface area contributed by atoms with E-state index in [1.54, 1.807) is 42.5 Å². The quantitative estimate of drug-likeness (QED) is 0.667. The summed E-state index contributed by atoms with van der Waals surface area (Å²) in [6.45, 7) is 0. The third kappa shape index (κ3) is 3.69. The molecule has 0 fully saturated rings. The number of methoxy groups -OCH3 is 1. The van der Waals surface area contributed by atoms with Crippen LogP contribution in [0.4, 0.5) is 4.79 Å². The molecule has 1 aromatic heterocycles. The maximum absolute atomic E-state index is 12.5. The number of rotatable bonds is 3. The summed E-state index contributed by atoms with van der Waals surface area (Å²) >= 11 is 0. The monoisotopic (exact) mass is 359 g/mol. The van der Waals surface area contributed by atoms with Crippen molar-refractivity contribution in [3.63, 3.8) is 0 Å². The van der Waals surface area contributed by atoms with Gasteiger partial charge in [-0.05, 0) is 24.3 Å². The molecular formula is C17H13NO6S. The molecular weight excluding hydrogens is 346 g/mol. The number of hydrogen-bond acceptors (Lipinski definition) is 6. The van der Waals surface area contributed by atoms with Crippen LogP contribution in [0.2, 0.25) is 0 Å². The molecule has 2 aromatic carbocycles. The van der Waals surface area contributed by atoms with Gasteiger partial charge < -0.3 is 13.9 Å². The van der Waals surface area contributed by atoms with E-state index < -0.39 is 16.2 Å². The Morgan fingerprint density at radius 1 is 1.04 bits per heavy atom. The van der Waals surface area contributed by atoms with Gasteiger partial charge in [0.2, 0.25) is 0 Å². The average Bonchev–Trinajstić information content (AvgIpc) is 2.62. The molecule has 0 aliphatic rings. The third-order valence-corrected chi connectivity index (χ3v) is 4.54. The van der Waals surface area contributed by atoms with Crippen molar-refractivity contribution in [2.24, 2.45) is 4.40 Å². The van der Waals surface area contributed by atoms with Gasteiger partial charge in [-0.1, -0.05) is 30.3 Å². The van der Waals surface area contributed by atoms with Gasteiger partial charge >= 0.3 is 6.16 Å². The zero-order chi connectivity index (χ0) is 17.9. The number of ether oxygens (including phenoxy) is 2. The summed E-state index contributed by atoms with van der Waals surface area (Å²) < 4.78 is 43.5. The molecule has 8 heteroatoms. The van der Waals surface area contributed by atoms with Crippen LogP contribution in [0, 0.1) is 0 Å². The lowest BCUT2D eigenvalue weighted by Gasteiger charge is -2.04. The van der Waals surface area contributed by atoms with Crippen LogP contribution in [0.15, 0.2) is 74.4 Å². The van der Waals surface area contributed by atoms with E-state index in [1.165, 1.54) is 18.2 Å². The SMILES string of the molecule is COC(=O)Oc1cc(=NS(=O)(=O)c2ccccc2)c2ccccc2o1. The summed E-state index contributed by atoms with van der Waals surface area (Å²) in [6, 6.07) is 15.7. The minimum atomic E-state index is -3.94. The first-order valence-corrected chi connectivity index (χ1v) is 8.58. The molecule has 0 unspecified atom stereocenters. The molecule has 1 heterocycles. The fourth-order valence-electron chi connectivity index (χ4n) is 2.12. The van der Waals surface area contributed by atoms with Crippen molar-refractivity contribution in [1.82, 2.24) is 0 Å². The lowest BCUT2D eigenvalue weighted by Crippen LogP contribution is -2.12. The highest BCUT2D eigenvalue weighted by Gasteiger charge is 2.14. The molecule has 25 heavy (non-hydrogen) atoms.